The molecule has 0 saturated heterocycles. The fourth-order valence-electron chi connectivity index (χ4n) is 5.11. The Morgan fingerprint density at radius 2 is 1.55 bits per heavy atom. The minimum Gasteiger partial charge on any atom is -0.390 e. The van der Waals surface area contributed by atoms with E-state index in [1.807, 2.05) is 48.5 Å². The van der Waals surface area contributed by atoms with Gasteiger partial charge in [0.15, 0.2) is 0 Å². The van der Waals surface area contributed by atoms with E-state index in [0.29, 0.717) is 0 Å². The van der Waals surface area contributed by atoms with E-state index in [1.165, 1.54) is 11.1 Å². The standard InChI is InChI=1S/C24H16N3.C11H8N.Ir/c1-25-20-12-7-13-21-24(20)27(16-26(21)19-10-3-2-4-11-19)23-15-18-9-6-5-8-17(18)14-22(23)25;1-2-6-10(7-3-1)11-8-4-5-9-12-11;/h2-14H,1H3;1-6,8-9H;/q2*-1;+3. The first-order chi connectivity index (χ1) is 19.3. The van der Waals surface area contributed by atoms with Crippen molar-refractivity contribution in [3.05, 3.63) is 146 Å². The van der Waals surface area contributed by atoms with E-state index >= 15 is 0 Å². The van der Waals surface area contributed by atoms with Crippen LogP contribution in [-0.4, -0.2) is 16.6 Å². The number of nitrogens with zero attached hydrogens (tertiary/aromatic N) is 4. The van der Waals surface area contributed by atoms with Gasteiger partial charge in [0.1, 0.15) is 5.52 Å². The van der Waals surface area contributed by atoms with Crippen LogP contribution in [-0.2, 0) is 20.1 Å². The summed E-state index contributed by atoms with van der Waals surface area (Å²) < 4.78 is 4.28. The van der Waals surface area contributed by atoms with Crippen LogP contribution in [0.4, 0.5) is 11.4 Å². The van der Waals surface area contributed by atoms with Gasteiger partial charge in [0.05, 0.1) is 11.2 Å². The van der Waals surface area contributed by atoms with Gasteiger partial charge in [0.25, 0.3) is 6.33 Å². The molecule has 4 nitrogen and oxygen atoms in total. The summed E-state index contributed by atoms with van der Waals surface area (Å²) in [5.41, 5.74) is 8.76. The van der Waals surface area contributed by atoms with Gasteiger partial charge in [-0.2, -0.15) is 0 Å². The molecule has 1 aliphatic heterocycles. The van der Waals surface area contributed by atoms with E-state index in [4.69, 9.17) is 0 Å². The van der Waals surface area contributed by atoms with Crippen LogP contribution in [0.5, 0.6) is 0 Å². The molecule has 5 heteroatoms. The van der Waals surface area contributed by atoms with Crippen molar-refractivity contribution in [2.24, 2.45) is 0 Å². The largest absolute Gasteiger partial charge is 3.00 e. The predicted octanol–water partition coefficient (Wildman–Crippen LogP) is 7.29. The van der Waals surface area contributed by atoms with E-state index in [2.05, 4.69) is 117 Å². The maximum atomic E-state index is 4.22. The van der Waals surface area contributed by atoms with Crippen LogP contribution < -0.4 is 9.47 Å². The Hall–Kier alpha value is -4.57. The third-order valence-electron chi connectivity index (χ3n) is 7.02. The van der Waals surface area contributed by atoms with Crippen molar-refractivity contribution >= 4 is 33.2 Å². The molecule has 1 aliphatic rings. The van der Waals surface area contributed by atoms with Crippen LogP contribution in [0.15, 0.2) is 128 Å². The second-order valence-electron chi connectivity index (χ2n) is 9.39. The molecule has 7 aromatic rings. The molecule has 0 unspecified atom stereocenters. The average Bonchev–Trinajstić information content (AvgIpc) is 3.41. The summed E-state index contributed by atoms with van der Waals surface area (Å²) in [6.45, 7) is 0. The molecule has 5 aromatic carbocycles. The second kappa shape index (κ2) is 10.9. The molecule has 2 aromatic heterocycles. The van der Waals surface area contributed by atoms with E-state index in [1.54, 1.807) is 6.20 Å². The molecule has 0 fully saturated rings. The molecule has 0 atom stereocenters. The molecule has 3 heterocycles. The summed E-state index contributed by atoms with van der Waals surface area (Å²) >= 11 is 0. The van der Waals surface area contributed by atoms with Crippen molar-refractivity contribution in [1.29, 1.82) is 0 Å². The number of hydrogen-bond acceptors (Lipinski definition) is 2. The van der Waals surface area contributed by atoms with E-state index in [0.717, 1.165) is 44.7 Å². The molecule has 0 spiro atoms. The van der Waals surface area contributed by atoms with Crippen molar-refractivity contribution in [2.75, 3.05) is 11.9 Å². The Bertz CT molecular complexity index is 1880. The van der Waals surface area contributed by atoms with Gasteiger partial charge in [-0.1, -0.05) is 54.6 Å². The quantitative estimate of drug-likeness (QED) is 0.141. The van der Waals surface area contributed by atoms with Crippen LogP contribution in [0.25, 0.3) is 44.4 Å². The first kappa shape index (κ1) is 25.7. The Balaban J connectivity index is 0.000000188. The van der Waals surface area contributed by atoms with Crippen LogP contribution in [0.2, 0.25) is 0 Å². The molecule has 192 valence electrons. The average molecular weight is 693 g/mol. The number of fused-ring (bicyclic) bond motifs is 3. The molecule has 40 heavy (non-hydrogen) atoms. The molecule has 0 aliphatic carbocycles. The Morgan fingerprint density at radius 1 is 0.750 bits per heavy atom. The summed E-state index contributed by atoms with van der Waals surface area (Å²) in [7, 11) is 2.12. The Kier molecular flexibility index (Phi) is 7.00. The van der Waals surface area contributed by atoms with E-state index in [-0.39, 0.29) is 20.1 Å². The smallest absolute Gasteiger partial charge is 0.390 e. The van der Waals surface area contributed by atoms with Gasteiger partial charge in [0, 0.05) is 24.6 Å². The summed E-state index contributed by atoms with van der Waals surface area (Å²) in [5.74, 6) is 0. The van der Waals surface area contributed by atoms with Crippen LogP contribution in [0.3, 0.4) is 0 Å². The third kappa shape index (κ3) is 4.50. The fraction of sp³-hybridized carbons (Fsp3) is 0.0286. The fourth-order valence-corrected chi connectivity index (χ4v) is 5.11. The number of imidazole rings is 1. The number of pyridine rings is 1. The van der Waals surface area contributed by atoms with Crippen LogP contribution in [0, 0.1) is 18.5 Å². The molecular formula is C35H24IrN4+. The SMILES string of the molecule is CN1c2cc3ccccc3[c-]c2-[n+]2[c-]n(-c3ccccc3)c3cccc1c32.[Ir+3].[c-]1ccccc1-c1ccccn1. The van der Waals surface area contributed by atoms with Gasteiger partial charge < -0.3 is 14.5 Å². The molecule has 0 saturated carbocycles. The number of rotatable bonds is 2. The number of aromatic nitrogens is 3. The van der Waals surface area contributed by atoms with E-state index < -0.39 is 0 Å². The number of anilines is 2. The molecule has 0 bridgehead atoms. The second-order valence-corrected chi connectivity index (χ2v) is 9.39. The summed E-state index contributed by atoms with van der Waals surface area (Å²) in [6.07, 6.45) is 5.35. The van der Waals surface area contributed by atoms with Crippen molar-refractivity contribution in [2.45, 2.75) is 0 Å². The minimum absolute atomic E-state index is 0. The molecule has 0 radical (unpaired) electrons. The van der Waals surface area contributed by atoms with Gasteiger partial charge in [-0.15, -0.1) is 70.9 Å². The van der Waals surface area contributed by atoms with Gasteiger partial charge in [0.2, 0.25) is 0 Å². The van der Waals surface area contributed by atoms with Crippen LogP contribution in [0.1, 0.15) is 0 Å². The summed E-state index contributed by atoms with van der Waals surface area (Å²) in [5, 5.41) is 2.31. The first-order valence-corrected chi connectivity index (χ1v) is 12.9. The molecule has 8 rings (SSSR count). The topological polar surface area (TPSA) is 24.9 Å². The number of benzene rings is 5. The van der Waals surface area contributed by atoms with Crippen molar-refractivity contribution in [3.63, 3.8) is 0 Å². The van der Waals surface area contributed by atoms with Gasteiger partial charge in [-0.25, -0.2) is 0 Å². The zero-order chi connectivity index (χ0) is 26.2. The molecule has 0 N–H and O–H groups in total. The first-order valence-electron chi connectivity index (χ1n) is 12.9. The number of hydrogen-bond donors (Lipinski definition) is 0. The van der Waals surface area contributed by atoms with Gasteiger partial charge in [-0.05, 0) is 35.6 Å². The zero-order valence-electron chi connectivity index (χ0n) is 21.7. The van der Waals surface area contributed by atoms with Gasteiger partial charge >= 0.3 is 20.1 Å². The normalized spacial score (nSPS) is 11.4. The van der Waals surface area contributed by atoms with Crippen molar-refractivity contribution in [3.8, 4) is 22.6 Å². The van der Waals surface area contributed by atoms with E-state index in [9.17, 15) is 0 Å². The van der Waals surface area contributed by atoms with Crippen molar-refractivity contribution < 1.29 is 24.7 Å². The maximum Gasteiger partial charge on any atom is 3.00 e. The predicted molar refractivity (Wildman–Crippen MR) is 157 cm³/mol. The zero-order valence-corrected chi connectivity index (χ0v) is 24.1. The summed E-state index contributed by atoms with van der Waals surface area (Å²) in [4.78, 5) is 6.47. The maximum absolute atomic E-state index is 4.22. The molecular weight excluding hydrogens is 669 g/mol. The Morgan fingerprint density at radius 3 is 2.35 bits per heavy atom. The summed E-state index contributed by atoms with van der Waals surface area (Å²) in [6, 6.07) is 47.9. The van der Waals surface area contributed by atoms with Gasteiger partial charge in [-0.3, -0.25) is 4.57 Å². The Labute approximate surface area is 247 Å². The monoisotopic (exact) mass is 693 g/mol. The molecule has 0 amide bonds. The van der Waals surface area contributed by atoms with Crippen LogP contribution >= 0.6 is 0 Å². The third-order valence-corrected chi connectivity index (χ3v) is 7.02. The van der Waals surface area contributed by atoms with Crippen molar-refractivity contribution in [1.82, 2.24) is 9.55 Å². The number of para-hydroxylation sites is 2. The minimum atomic E-state index is 0.